The highest BCUT2D eigenvalue weighted by Gasteiger charge is 2.47. The molecule has 2 aliphatic carbocycles. The van der Waals surface area contributed by atoms with Crippen molar-refractivity contribution in [2.75, 3.05) is 12.8 Å². The van der Waals surface area contributed by atoms with Gasteiger partial charge in [0.2, 0.25) is 0 Å². The molecule has 2 unspecified atom stereocenters. The van der Waals surface area contributed by atoms with Gasteiger partial charge in [-0.1, -0.05) is 12.1 Å². The van der Waals surface area contributed by atoms with Crippen molar-refractivity contribution in [3.63, 3.8) is 0 Å². The zero-order valence-corrected chi connectivity index (χ0v) is 12.5. The van der Waals surface area contributed by atoms with Crippen molar-refractivity contribution in [3.05, 3.63) is 30.0 Å². The van der Waals surface area contributed by atoms with E-state index in [2.05, 4.69) is 12.1 Å². The van der Waals surface area contributed by atoms with Gasteiger partial charge >= 0.3 is 0 Å². The first-order valence-corrected chi connectivity index (χ1v) is 7.64. The van der Waals surface area contributed by atoms with Gasteiger partial charge in [0.25, 0.3) is 0 Å². The Balaban J connectivity index is 1.75. The van der Waals surface area contributed by atoms with Crippen molar-refractivity contribution in [2.45, 2.75) is 25.2 Å². The molecule has 2 atom stereocenters. The van der Waals surface area contributed by atoms with Crippen LogP contribution in [0.4, 0.5) is 5.82 Å². The number of aryl methyl sites for hydroxylation is 1. The standard InChI is InChI=1S/C17H21N3O/c1-20-17(18)15(10-3-5-14(21-2)6-4-10)16(19-20)13-8-11-7-12(11)9-13/h3-6,11-13H,7-9,18H2,1-2H3. The summed E-state index contributed by atoms with van der Waals surface area (Å²) in [6.07, 6.45) is 3.99. The third-order valence-corrected chi connectivity index (χ3v) is 5.13. The lowest BCUT2D eigenvalue weighted by atomic mass is 9.93. The van der Waals surface area contributed by atoms with Crippen LogP contribution in [-0.4, -0.2) is 16.9 Å². The lowest BCUT2D eigenvalue weighted by Gasteiger charge is -2.12. The van der Waals surface area contributed by atoms with Gasteiger partial charge < -0.3 is 10.5 Å². The molecule has 21 heavy (non-hydrogen) atoms. The molecule has 0 bridgehead atoms. The molecule has 2 N–H and O–H groups in total. The zero-order valence-electron chi connectivity index (χ0n) is 12.5. The Morgan fingerprint density at radius 1 is 1.14 bits per heavy atom. The molecule has 0 amide bonds. The first-order valence-electron chi connectivity index (χ1n) is 7.64. The van der Waals surface area contributed by atoms with Crippen LogP contribution in [0.25, 0.3) is 11.1 Å². The number of methoxy groups -OCH3 is 1. The van der Waals surface area contributed by atoms with Gasteiger partial charge in [-0.2, -0.15) is 5.10 Å². The SMILES string of the molecule is COc1ccc(-c2c(C3CC4CC4C3)nn(C)c2N)cc1. The summed E-state index contributed by atoms with van der Waals surface area (Å²) in [4.78, 5) is 0. The minimum atomic E-state index is 0.578. The van der Waals surface area contributed by atoms with Crippen LogP contribution in [0.15, 0.2) is 24.3 Å². The summed E-state index contributed by atoms with van der Waals surface area (Å²) < 4.78 is 7.06. The van der Waals surface area contributed by atoms with Crippen LogP contribution in [0, 0.1) is 11.8 Å². The minimum absolute atomic E-state index is 0.578. The second-order valence-electron chi connectivity index (χ2n) is 6.42. The molecule has 1 aromatic heterocycles. The molecule has 0 spiro atoms. The van der Waals surface area contributed by atoms with Crippen molar-refractivity contribution in [1.29, 1.82) is 0 Å². The smallest absolute Gasteiger partial charge is 0.129 e. The fourth-order valence-corrected chi connectivity index (χ4v) is 3.84. The normalized spacial score (nSPS) is 26.7. The highest BCUT2D eigenvalue weighted by Crippen LogP contribution is 2.58. The predicted molar refractivity (Wildman–Crippen MR) is 83.2 cm³/mol. The van der Waals surface area contributed by atoms with Gasteiger partial charge in [0.05, 0.1) is 12.8 Å². The largest absolute Gasteiger partial charge is 0.497 e. The number of nitrogens with two attached hydrogens (primary N) is 1. The summed E-state index contributed by atoms with van der Waals surface area (Å²) in [7, 11) is 3.62. The summed E-state index contributed by atoms with van der Waals surface area (Å²) in [5.41, 5.74) is 9.73. The third kappa shape index (κ3) is 2.01. The zero-order chi connectivity index (χ0) is 14.6. The molecular formula is C17H21N3O. The van der Waals surface area contributed by atoms with Gasteiger partial charge in [0.1, 0.15) is 11.6 Å². The summed E-state index contributed by atoms with van der Waals surface area (Å²) in [5.74, 6) is 4.10. The van der Waals surface area contributed by atoms with Gasteiger partial charge in [-0.05, 0) is 48.8 Å². The van der Waals surface area contributed by atoms with Crippen LogP contribution in [0.5, 0.6) is 5.75 Å². The summed E-state index contributed by atoms with van der Waals surface area (Å²) in [5, 5.41) is 4.73. The van der Waals surface area contributed by atoms with Crippen LogP contribution in [0.3, 0.4) is 0 Å². The topological polar surface area (TPSA) is 53.1 Å². The van der Waals surface area contributed by atoms with Gasteiger partial charge in [-0.25, -0.2) is 0 Å². The fourth-order valence-electron chi connectivity index (χ4n) is 3.84. The van der Waals surface area contributed by atoms with Gasteiger partial charge in [0, 0.05) is 18.5 Å². The minimum Gasteiger partial charge on any atom is -0.497 e. The molecule has 1 heterocycles. The van der Waals surface area contributed by atoms with E-state index in [1.165, 1.54) is 25.0 Å². The molecule has 0 saturated heterocycles. The molecule has 4 nitrogen and oxygen atoms in total. The average molecular weight is 283 g/mol. The number of rotatable bonds is 3. The van der Waals surface area contributed by atoms with Crippen LogP contribution >= 0.6 is 0 Å². The first-order chi connectivity index (χ1) is 10.2. The second-order valence-corrected chi connectivity index (χ2v) is 6.42. The van der Waals surface area contributed by atoms with E-state index in [4.69, 9.17) is 15.6 Å². The molecule has 2 fully saturated rings. The molecule has 4 rings (SSSR count). The number of aromatic nitrogens is 2. The Kier molecular flexibility index (Phi) is 2.74. The van der Waals surface area contributed by atoms with Crippen molar-refractivity contribution in [3.8, 4) is 16.9 Å². The van der Waals surface area contributed by atoms with Crippen LogP contribution in [-0.2, 0) is 7.05 Å². The maximum absolute atomic E-state index is 6.29. The molecule has 2 aromatic rings. The lowest BCUT2D eigenvalue weighted by molar-refractivity contribution is 0.415. The van der Waals surface area contributed by atoms with Crippen molar-refractivity contribution < 1.29 is 4.74 Å². The van der Waals surface area contributed by atoms with Gasteiger partial charge in [0.15, 0.2) is 0 Å². The Morgan fingerprint density at radius 2 is 1.81 bits per heavy atom. The highest BCUT2D eigenvalue weighted by atomic mass is 16.5. The average Bonchev–Trinajstić information content (AvgIpc) is 3.00. The monoisotopic (exact) mass is 283 g/mol. The van der Waals surface area contributed by atoms with E-state index < -0.39 is 0 Å². The van der Waals surface area contributed by atoms with E-state index in [0.29, 0.717) is 5.92 Å². The number of hydrogen-bond acceptors (Lipinski definition) is 3. The van der Waals surface area contributed by atoms with Crippen molar-refractivity contribution in [1.82, 2.24) is 9.78 Å². The molecule has 2 saturated carbocycles. The van der Waals surface area contributed by atoms with E-state index in [0.717, 1.165) is 34.5 Å². The molecule has 1 aromatic carbocycles. The maximum atomic E-state index is 6.29. The Bertz CT molecular complexity index is 664. The number of nitrogens with zero attached hydrogens (tertiary/aromatic N) is 2. The van der Waals surface area contributed by atoms with Crippen molar-refractivity contribution in [2.24, 2.45) is 18.9 Å². The number of hydrogen-bond donors (Lipinski definition) is 1. The molecule has 0 aliphatic heterocycles. The van der Waals surface area contributed by atoms with E-state index >= 15 is 0 Å². The fraction of sp³-hybridized carbons (Fsp3) is 0.471. The number of ether oxygens (including phenoxy) is 1. The van der Waals surface area contributed by atoms with Crippen LogP contribution in [0.1, 0.15) is 30.9 Å². The van der Waals surface area contributed by atoms with E-state index in [1.807, 2.05) is 23.9 Å². The van der Waals surface area contributed by atoms with Crippen LogP contribution < -0.4 is 10.5 Å². The van der Waals surface area contributed by atoms with E-state index in [9.17, 15) is 0 Å². The predicted octanol–water partition coefficient (Wildman–Crippen LogP) is 3.19. The molecule has 110 valence electrons. The number of anilines is 1. The lowest BCUT2D eigenvalue weighted by Crippen LogP contribution is -2.00. The molecular weight excluding hydrogens is 262 g/mol. The highest BCUT2D eigenvalue weighted by molar-refractivity contribution is 5.77. The Labute approximate surface area is 124 Å². The quantitative estimate of drug-likeness (QED) is 0.941. The molecule has 2 aliphatic rings. The second kappa shape index (κ2) is 4.52. The van der Waals surface area contributed by atoms with E-state index in [1.54, 1.807) is 7.11 Å². The number of nitrogen functional groups attached to an aromatic ring is 1. The Hall–Kier alpha value is -1.97. The van der Waals surface area contributed by atoms with Gasteiger partial charge in [-0.3, -0.25) is 4.68 Å². The van der Waals surface area contributed by atoms with Crippen molar-refractivity contribution >= 4 is 5.82 Å². The van der Waals surface area contributed by atoms with Gasteiger partial charge in [-0.15, -0.1) is 0 Å². The molecule has 4 heteroatoms. The maximum Gasteiger partial charge on any atom is 0.129 e. The van der Waals surface area contributed by atoms with Crippen LogP contribution in [0.2, 0.25) is 0 Å². The van der Waals surface area contributed by atoms with E-state index in [-0.39, 0.29) is 0 Å². The summed E-state index contributed by atoms with van der Waals surface area (Å²) >= 11 is 0. The molecule has 0 radical (unpaired) electrons. The first kappa shape index (κ1) is 12.7. The summed E-state index contributed by atoms with van der Waals surface area (Å²) in [6.45, 7) is 0. The third-order valence-electron chi connectivity index (χ3n) is 5.13. The summed E-state index contributed by atoms with van der Waals surface area (Å²) in [6, 6.07) is 8.12. The number of fused-ring (bicyclic) bond motifs is 1. The Morgan fingerprint density at radius 3 is 2.43 bits per heavy atom. The number of benzene rings is 1.